The molecule has 0 radical (unpaired) electrons. The minimum atomic E-state index is -0.212. The lowest BCUT2D eigenvalue weighted by molar-refractivity contribution is 0.0963. The summed E-state index contributed by atoms with van der Waals surface area (Å²) < 4.78 is 5.34. The van der Waals surface area contributed by atoms with E-state index in [9.17, 15) is 9.59 Å². The number of benzene rings is 2. The number of nitrogens with one attached hydrogen (secondary N) is 2. The molecule has 28 heavy (non-hydrogen) atoms. The summed E-state index contributed by atoms with van der Waals surface area (Å²) in [6, 6.07) is 13.3. The normalized spacial score (nSPS) is 16.4. The molecule has 3 amide bonds. The van der Waals surface area contributed by atoms with Gasteiger partial charge in [-0.05, 0) is 43.5 Å². The average Bonchev–Trinajstić information content (AvgIpc) is 2.73. The van der Waals surface area contributed by atoms with Crippen LogP contribution in [0.25, 0.3) is 0 Å². The van der Waals surface area contributed by atoms with Crippen molar-refractivity contribution < 1.29 is 14.3 Å². The van der Waals surface area contributed by atoms with Crippen molar-refractivity contribution in [3.8, 4) is 5.75 Å². The molecule has 0 saturated carbocycles. The molecule has 0 unspecified atom stereocenters. The van der Waals surface area contributed by atoms with Crippen molar-refractivity contribution in [2.45, 2.75) is 25.7 Å². The molecule has 1 saturated heterocycles. The number of rotatable bonds is 4. The van der Waals surface area contributed by atoms with Gasteiger partial charge in [0.2, 0.25) is 0 Å². The number of carbonyl (C=O) groups is 2. The van der Waals surface area contributed by atoms with Crippen LogP contribution in [0.15, 0.2) is 42.5 Å². The molecule has 2 N–H and O–H groups in total. The van der Waals surface area contributed by atoms with Gasteiger partial charge in [0.15, 0.2) is 0 Å². The van der Waals surface area contributed by atoms with Crippen LogP contribution in [0, 0.1) is 6.92 Å². The zero-order chi connectivity index (χ0) is 20.1. The lowest BCUT2D eigenvalue weighted by Gasteiger charge is -2.33. The van der Waals surface area contributed by atoms with Crippen LogP contribution in [0.5, 0.6) is 5.75 Å². The Morgan fingerprint density at radius 1 is 1.18 bits per heavy atom. The van der Waals surface area contributed by atoms with Crippen molar-refractivity contribution in [3.05, 3.63) is 59.2 Å². The van der Waals surface area contributed by atoms with E-state index in [1.165, 1.54) is 11.1 Å². The fourth-order valence-corrected chi connectivity index (χ4v) is 3.64. The van der Waals surface area contributed by atoms with Crippen molar-refractivity contribution in [1.82, 2.24) is 10.2 Å². The quantitative estimate of drug-likeness (QED) is 0.847. The van der Waals surface area contributed by atoms with E-state index in [4.69, 9.17) is 4.74 Å². The van der Waals surface area contributed by atoms with E-state index in [-0.39, 0.29) is 11.9 Å². The highest BCUT2D eigenvalue weighted by Gasteiger charge is 2.25. The van der Waals surface area contributed by atoms with E-state index in [1.807, 2.05) is 4.90 Å². The van der Waals surface area contributed by atoms with Crippen LogP contribution in [0.2, 0.25) is 0 Å². The molecule has 0 aliphatic carbocycles. The van der Waals surface area contributed by atoms with Crippen LogP contribution in [0.4, 0.5) is 10.5 Å². The number of aryl methyl sites for hydroxylation is 1. The summed E-state index contributed by atoms with van der Waals surface area (Å²) in [7, 11) is 3.11. The number of anilines is 1. The number of urea groups is 1. The van der Waals surface area contributed by atoms with Gasteiger partial charge in [0.05, 0.1) is 12.8 Å². The summed E-state index contributed by atoms with van der Waals surface area (Å²) in [5, 5.41) is 5.50. The Morgan fingerprint density at radius 3 is 2.71 bits per heavy atom. The summed E-state index contributed by atoms with van der Waals surface area (Å²) in [6.07, 6.45) is 2.03. The molecule has 0 spiro atoms. The van der Waals surface area contributed by atoms with Gasteiger partial charge >= 0.3 is 6.03 Å². The third-order valence-electron chi connectivity index (χ3n) is 5.15. The van der Waals surface area contributed by atoms with E-state index >= 15 is 0 Å². The Kier molecular flexibility index (Phi) is 6.19. The number of nitrogens with zero attached hydrogens (tertiary/aromatic N) is 1. The van der Waals surface area contributed by atoms with Crippen LogP contribution in [0.3, 0.4) is 0 Å². The Labute approximate surface area is 165 Å². The Morgan fingerprint density at radius 2 is 2.00 bits per heavy atom. The fourth-order valence-electron chi connectivity index (χ4n) is 3.64. The van der Waals surface area contributed by atoms with Crippen molar-refractivity contribution in [2.75, 3.05) is 32.6 Å². The monoisotopic (exact) mass is 381 g/mol. The number of piperidine rings is 1. The van der Waals surface area contributed by atoms with Crippen LogP contribution < -0.4 is 15.4 Å². The second-order valence-electron chi connectivity index (χ2n) is 7.12. The van der Waals surface area contributed by atoms with Gasteiger partial charge in [0.1, 0.15) is 5.75 Å². The molecular weight excluding hydrogens is 354 g/mol. The maximum Gasteiger partial charge on any atom is 0.321 e. The second kappa shape index (κ2) is 8.78. The van der Waals surface area contributed by atoms with Crippen molar-refractivity contribution in [2.24, 2.45) is 0 Å². The van der Waals surface area contributed by atoms with Gasteiger partial charge in [-0.2, -0.15) is 0 Å². The summed E-state index contributed by atoms with van der Waals surface area (Å²) in [5.74, 6) is 0.641. The predicted octanol–water partition coefficient (Wildman–Crippen LogP) is 3.77. The van der Waals surface area contributed by atoms with Crippen molar-refractivity contribution in [3.63, 3.8) is 0 Å². The molecule has 148 valence electrons. The summed E-state index contributed by atoms with van der Waals surface area (Å²) >= 11 is 0. The fraction of sp³-hybridized carbons (Fsp3) is 0.364. The van der Waals surface area contributed by atoms with Gasteiger partial charge in [-0.25, -0.2) is 4.79 Å². The van der Waals surface area contributed by atoms with Crippen LogP contribution in [0.1, 0.15) is 40.2 Å². The lowest BCUT2D eigenvalue weighted by Crippen LogP contribution is -2.41. The maximum atomic E-state index is 12.9. The number of likely N-dealkylation sites (tertiary alicyclic amines) is 1. The minimum Gasteiger partial charge on any atom is -0.495 e. The molecule has 1 aliphatic heterocycles. The zero-order valence-electron chi connectivity index (χ0n) is 16.6. The van der Waals surface area contributed by atoms with Crippen LogP contribution in [-0.4, -0.2) is 44.1 Å². The molecule has 1 aliphatic rings. The number of carbonyl (C=O) groups excluding carboxylic acids is 2. The van der Waals surface area contributed by atoms with E-state index in [1.54, 1.807) is 32.4 Å². The minimum absolute atomic E-state index is 0.176. The lowest BCUT2D eigenvalue weighted by atomic mass is 9.90. The smallest absolute Gasteiger partial charge is 0.321 e. The molecule has 1 heterocycles. The molecule has 1 atom stereocenters. The van der Waals surface area contributed by atoms with Crippen molar-refractivity contribution >= 4 is 17.6 Å². The van der Waals surface area contributed by atoms with Crippen LogP contribution in [-0.2, 0) is 0 Å². The van der Waals surface area contributed by atoms with Crippen LogP contribution >= 0.6 is 0 Å². The predicted molar refractivity (Wildman–Crippen MR) is 110 cm³/mol. The van der Waals surface area contributed by atoms with Gasteiger partial charge in [-0.15, -0.1) is 0 Å². The molecule has 0 bridgehead atoms. The molecule has 2 aromatic rings. The standard InChI is InChI=1S/C22H27N3O3/c1-15-6-4-7-16(12-15)18-8-5-11-25(14-18)22(27)24-19-13-17(21(26)23-2)9-10-20(19)28-3/h4,6-7,9-10,12-13,18H,5,8,11,14H2,1-3H3,(H,23,26)(H,24,27)/t18-/m1/s1. The van der Waals surface area contributed by atoms with E-state index in [0.29, 0.717) is 36.0 Å². The van der Waals surface area contributed by atoms with Gasteiger partial charge in [0, 0.05) is 31.6 Å². The first-order chi connectivity index (χ1) is 13.5. The third-order valence-corrected chi connectivity index (χ3v) is 5.15. The first-order valence-electron chi connectivity index (χ1n) is 9.54. The van der Waals surface area contributed by atoms with Crippen molar-refractivity contribution in [1.29, 1.82) is 0 Å². The topological polar surface area (TPSA) is 70.7 Å². The highest BCUT2D eigenvalue weighted by atomic mass is 16.5. The average molecular weight is 381 g/mol. The summed E-state index contributed by atoms with van der Waals surface area (Å²) in [4.78, 5) is 26.6. The van der Waals surface area contributed by atoms with Gasteiger partial charge in [0.25, 0.3) is 5.91 Å². The molecule has 1 fully saturated rings. The molecule has 3 rings (SSSR count). The first-order valence-corrected chi connectivity index (χ1v) is 9.54. The molecule has 6 heteroatoms. The van der Waals surface area contributed by atoms with E-state index in [2.05, 4.69) is 41.8 Å². The Balaban J connectivity index is 1.74. The first kappa shape index (κ1) is 19.7. The number of hydrogen-bond donors (Lipinski definition) is 2. The third kappa shape index (κ3) is 4.44. The summed E-state index contributed by atoms with van der Waals surface area (Å²) in [6.45, 7) is 3.47. The maximum absolute atomic E-state index is 12.9. The largest absolute Gasteiger partial charge is 0.495 e. The Bertz CT molecular complexity index is 866. The number of hydrogen-bond acceptors (Lipinski definition) is 3. The van der Waals surface area contributed by atoms with E-state index in [0.717, 1.165) is 12.8 Å². The van der Waals surface area contributed by atoms with E-state index < -0.39 is 0 Å². The number of methoxy groups -OCH3 is 1. The molecule has 0 aromatic heterocycles. The van der Waals surface area contributed by atoms with Gasteiger partial charge in [-0.3, -0.25) is 4.79 Å². The molecule has 6 nitrogen and oxygen atoms in total. The highest BCUT2D eigenvalue weighted by molar-refractivity contribution is 5.97. The Hall–Kier alpha value is -3.02. The summed E-state index contributed by atoms with van der Waals surface area (Å²) in [5.41, 5.74) is 3.47. The molecular formula is C22H27N3O3. The highest BCUT2D eigenvalue weighted by Crippen LogP contribution is 2.29. The SMILES string of the molecule is CNC(=O)c1ccc(OC)c(NC(=O)N2CCC[C@@H](c3cccc(C)c3)C2)c1. The van der Waals surface area contributed by atoms with Gasteiger partial charge < -0.3 is 20.3 Å². The van der Waals surface area contributed by atoms with Gasteiger partial charge in [-0.1, -0.05) is 29.8 Å². The number of amides is 3. The second-order valence-corrected chi connectivity index (χ2v) is 7.12. The molecule has 2 aromatic carbocycles. The zero-order valence-corrected chi connectivity index (χ0v) is 16.6. The number of ether oxygens (including phenoxy) is 1.